The summed E-state index contributed by atoms with van der Waals surface area (Å²) in [6.45, 7) is 0.567. The van der Waals surface area contributed by atoms with Crippen molar-refractivity contribution in [2.24, 2.45) is 0 Å². The highest BCUT2D eigenvalue weighted by Gasteiger charge is 2.14. The van der Waals surface area contributed by atoms with Crippen LogP contribution in [0.15, 0.2) is 57.7 Å². The van der Waals surface area contributed by atoms with E-state index in [-0.39, 0.29) is 12.4 Å². The van der Waals surface area contributed by atoms with Gasteiger partial charge in [0.1, 0.15) is 17.4 Å². The fourth-order valence-corrected chi connectivity index (χ4v) is 3.55. The van der Waals surface area contributed by atoms with Crippen LogP contribution in [0.1, 0.15) is 21.3 Å². The van der Waals surface area contributed by atoms with E-state index >= 15 is 0 Å². The van der Waals surface area contributed by atoms with Crippen molar-refractivity contribution in [2.75, 3.05) is 0 Å². The number of thiazole rings is 1. The molecule has 25 heavy (non-hydrogen) atoms. The lowest BCUT2D eigenvalue weighted by atomic mass is 10.3. The Morgan fingerprint density at radius 3 is 2.96 bits per heavy atom. The van der Waals surface area contributed by atoms with E-state index in [9.17, 15) is 4.79 Å². The molecule has 4 aromatic rings. The predicted molar refractivity (Wildman–Crippen MR) is 96.5 cm³/mol. The highest BCUT2D eigenvalue weighted by Crippen LogP contribution is 2.22. The molecule has 6 nitrogen and oxygen atoms in total. The van der Waals surface area contributed by atoms with E-state index in [4.69, 9.17) is 9.15 Å². The minimum Gasteiger partial charge on any atom is -0.452 e. The highest BCUT2D eigenvalue weighted by atomic mass is 79.9. The maximum absolute atomic E-state index is 12.1. The van der Waals surface area contributed by atoms with E-state index in [0.717, 1.165) is 19.7 Å². The Balaban J connectivity index is 1.39. The lowest BCUT2D eigenvalue weighted by Gasteiger charge is -2.00. The molecule has 0 N–H and O–H groups in total. The number of nitrogens with zero attached hydrogens (tertiary/aromatic N) is 3. The van der Waals surface area contributed by atoms with Crippen molar-refractivity contribution in [1.29, 1.82) is 0 Å². The number of para-hydroxylation sites is 1. The lowest BCUT2D eigenvalue weighted by Crippen LogP contribution is -2.04. The summed E-state index contributed by atoms with van der Waals surface area (Å²) in [7, 11) is 0. The largest absolute Gasteiger partial charge is 0.452 e. The van der Waals surface area contributed by atoms with Crippen molar-refractivity contribution >= 4 is 43.5 Å². The molecule has 4 rings (SSSR count). The number of rotatable bonds is 5. The third kappa shape index (κ3) is 3.64. The van der Waals surface area contributed by atoms with Gasteiger partial charge in [0.05, 0.1) is 27.4 Å². The Bertz CT molecular complexity index is 1000. The SMILES string of the molecule is O=C(OCc1nc2ccccc2s1)c1ccc(Cn2cc(Br)cn2)o1. The fraction of sp³-hybridized carbons (Fsp3) is 0.118. The van der Waals surface area contributed by atoms with Crippen LogP contribution >= 0.6 is 27.3 Å². The topological polar surface area (TPSA) is 70.2 Å². The quantitative estimate of drug-likeness (QED) is 0.453. The predicted octanol–water partition coefficient (Wildman–Crippen LogP) is 4.25. The summed E-state index contributed by atoms with van der Waals surface area (Å²) in [5.41, 5.74) is 0.907. The van der Waals surface area contributed by atoms with E-state index in [2.05, 4.69) is 26.0 Å². The van der Waals surface area contributed by atoms with Crippen molar-refractivity contribution < 1.29 is 13.9 Å². The number of hydrogen-bond donors (Lipinski definition) is 0. The van der Waals surface area contributed by atoms with Gasteiger partial charge in [-0.2, -0.15) is 5.10 Å². The van der Waals surface area contributed by atoms with Crippen LogP contribution in [0.4, 0.5) is 0 Å². The van der Waals surface area contributed by atoms with Gasteiger partial charge in [0, 0.05) is 6.20 Å². The summed E-state index contributed by atoms with van der Waals surface area (Å²) < 4.78 is 14.5. The molecule has 0 aliphatic heterocycles. The number of esters is 1. The number of halogens is 1. The molecule has 8 heteroatoms. The highest BCUT2D eigenvalue weighted by molar-refractivity contribution is 9.10. The third-order valence-electron chi connectivity index (χ3n) is 3.45. The zero-order chi connectivity index (χ0) is 17.2. The lowest BCUT2D eigenvalue weighted by molar-refractivity contribution is 0.0434. The Hall–Kier alpha value is -2.45. The van der Waals surface area contributed by atoms with Crippen LogP contribution in [0.5, 0.6) is 0 Å². The summed E-state index contributed by atoms with van der Waals surface area (Å²) >= 11 is 4.85. The van der Waals surface area contributed by atoms with Crippen molar-refractivity contribution in [2.45, 2.75) is 13.2 Å². The maximum Gasteiger partial charge on any atom is 0.374 e. The molecule has 0 aliphatic rings. The molecule has 3 heterocycles. The van der Waals surface area contributed by atoms with Gasteiger partial charge in [-0.1, -0.05) is 12.1 Å². The van der Waals surface area contributed by atoms with Crippen LogP contribution in [0.3, 0.4) is 0 Å². The van der Waals surface area contributed by atoms with Gasteiger partial charge in [-0.25, -0.2) is 9.78 Å². The minimum atomic E-state index is -0.507. The number of carbonyl (C=O) groups excluding carboxylic acids is 1. The van der Waals surface area contributed by atoms with Crippen LogP contribution in [0.25, 0.3) is 10.2 Å². The zero-order valence-corrected chi connectivity index (χ0v) is 15.3. The second-order valence-electron chi connectivity index (χ2n) is 5.27. The number of aromatic nitrogens is 3. The molecule has 126 valence electrons. The molecule has 0 amide bonds. The molecule has 0 radical (unpaired) electrons. The van der Waals surface area contributed by atoms with E-state index in [1.54, 1.807) is 23.0 Å². The van der Waals surface area contributed by atoms with E-state index in [1.807, 2.05) is 30.5 Å². The number of furan rings is 1. The fourth-order valence-electron chi connectivity index (χ4n) is 2.34. The van der Waals surface area contributed by atoms with Gasteiger partial charge in [-0.05, 0) is 40.2 Å². The standard InChI is InChI=1S/C17H12BrN3O3S/c18-11-7-19-21(8-11)9-12-5-6-14(24-12)17(22)23-10-16-20-13-3-1-2-4-15(13)25-16/h1-8H,9-10H2. The first-order valence-corrected chi connectivity index (χ1v) is 9.06. The number of ether oxygens (including phenoxy) is 1. The van der Waals surface area contributed by atoms with Crippen LogP contribution in [0.2, 0.25) is 0 Å². The summed E-state index contributed by atoms with van der Waals surface area (Å²) in [4.78, 5) is 16.6. The molecular weight excluding hydrogens is 406 g/mol. The third-order valence-corrected chi connectivity index (χ3v) is 4.87. The first kappa shape index (κ1) is 16.0. The Kier molecular flexibility index (Phi) is 4.37. The first-order valence-electron chi connectivity index (χ1n) is 7.45. The van der Waals surface area contributed by atoms with Gasteiger partial charge in [0.15, 0.2) is 0 Å². The summed E-state index contributed by atoms with van der Waals surface area (Å²) in [5, 5.41) is 4.90. The molecule has 0 spiro atoms. The van der Waals surface area contributed by atoms with Crippen molar-refractivity contribution in [3.8, 4) is 0 Å². The van der Waals surface area contributed by atoms with Crippen molar-refractivity contribution in [3.05, 3.63) is 69.8 Å². The van der Waals surface area contributed by atoms with E-state index in [1.165, 1.54) is 11.3 Å². The molecule has 0 bridgehead atoms. The van der Waals surface area contributed by atoms with Gasteiger partial charge in [0.25, 0.3) is 0 Å². The Morgan fingerprint density at radius 1 is 1.28 bits per heavy atom. The van der Waals surface area contributed by atoms with E-state index in [0.29, 0.717) is 12.3 Å². The van der Waals surface area contributed by atoms with Crippen molar-refractivity contribution in [1.82, 2.24) is 14.8 Å². The molecule has 0 fully saturated rings. The first-order chi connectivity index (χ1) is 12.2. The molecule has 0 atom stereocenters. The second-order valence-corrected chi connectivity index (χ2v) is 7.30. The summed E-state index contributed by atoms with van der Waals surface area (Å²) in [6.07, 6.45) is 3.52. The number of carbonyl (C=O) groups is 1. The van der Waals surface area contributed by atoms with Crippen LogP contribution in [0, 0.1) is 0 Å². The van der Waals surface area contributed by atoms with Crippen molar-refractivity contribution in [3.63, 3.8) is 0 Å². The van der Waals surface area contributed by atoms with Gasteiger partial charge in [-0.3, -0.25) is 4.68 Å². The second kappa shape index (κ2) is 6.81. The van der Waals surface area contributed by atoms with Gasteiger partial charge in [-0.15, -0.1) is 11.3 Å². The normalized spacial score (nSPS) is 11.1. The molecule has 0 aliphatic carbocycles. The molecule has 0 saturated heterocycles. The summed E-state index contributed by atoms with van der Waals surface area (Å²) in [6, 6.07) is 11.2. The monoisotopic (exact) mass is 417 g/mol. The average molecular weight is 418 g/mol. The van der Waals surface area contributed by atoms with Gasteiger partial charge in [0.2, 0.25) is 5.76 Å². The molecule has 3 aromatic heterocycles. The minimum absolute atomic E-state index is 0.125. The van der Waals surface area contributed by atoms with E-state index < -0.39 is 5.97 Å². The molecule has 1 aromatic carbocycles. The summed E-state index contributed by atoms with van der Waals surface area (Å²) in [5.74, 6) is 0.289. The molecule has 0 unspecified atom stereocenters. The Morgan fingerprint density at radius 2 is 2.16 bits per heavy atom. The van der Waals surface area contributed by atoms with Gasteiger partial charge < -0.3 is 9.15 Å². The van der Waals surface area contributed by atoms with Crippen LogP contribution in [-0.4, -0.2) is 20.7 Å². The Labute approximate surface area is 155 Å². The maximum atomic E-state index is 12.1. The van der Waals surface area contributed by atoms with Crippen LogP contribution < -0.4 is 0 Å². The average Bonchev–Trinajstić information content (AvgIpc) is 3.32. The van der Waals surface area contributed by atoms with Crippen LogP contribution in [-0.2, 0) is 17.9 Å². The van der Waals surface area contributed by atoms with Gasteiger partial charge >= 0.3 is 5.97 Å². The number of hydrogen-bond acceptors (Lipinski definition) is 6. The molecular formula is C17H12BrN3O3S. The zero-order valence-electron chi connectivity index (χ0n) is 12.9. The molecule has 0 saturated carbocycles. The smallest absolute Gasteiger partial charge is 0.374 e. The number of benzene rings is 1. The number of fused-ring (bicyclic) bond motifs is 1.